The summed E-state index contributed by atoms with van der Waals surface area (Å²) in [6.07, 6.45) is 3.99. The van der Waals surface area contributed by atoms with E-state index in [1.165, 1.54) is 4.68 Å². The first-order valence-corrected chi connectivity index (χ1v) is 10.6. The maximum atomic E-state index is 13.2. The molecule has 6 heteroatoms. The van der Waals surface area contributed by atoms with Crippen molar-refractivity contribution in [3.8, 4) is 23.1 Å². The van der Waals surface area contributed by atoms with Crippen molar-refractivity contribution in [1.29, 1.82) is 0 Å². The molecule has 0 unspecified atom stereocenters. The minimum atomic E-state index is -0.261. The van der Waals surface area contributed by atoms with E-state index in [0.717, 1.165) is 42.6 Å². The Bertz CT molecular complexity index is 947. The van der Waals surface area contributed by atoms with Crippen LogP contribution in [-0.2, 0) is 0 Å². The summed E-state index contributed by atoms with van der Waals surface area (Å²) < 4.78 is 12.7. The molecule has 3 rings (SSSR count). The molecular weight excluding hydrogens is 378 g/mol. The molecule has 0 saturated carbocycles. The zero-order chi connectivity index (χ0) is 21.3. The zero-order valence-corrected chi connectivity index (χ0v) is 17.9. The topological polar surface area (TPSA) is 66.2 Å². The van der Waals surface area contributed by atoms with Crippen LogP contribution in [-0.4, -0.2) is 33.9 Å². The molecule has 0 aliphatic rings. The second-order valence-electron chi connectivity index (χ2n) is 7.23. The number of aromatic nitrogens is 3. The summed E-state index contributed by atoms with van der Waals surface area (Å²) in [5, 5.41) is 4.34. The SMILES string of the molecule is CCCCOc1ccc(C(=O)n2nc(OCCCC)nc2-c2ccc(C)cc2)cc1. The highest BCUT2D eigenvalue weighted by Crippen LogP contribution is 2.22. The first-order valence-electron chi connectivity index (χ1n) is 10.6. The molecule has 0 bridgehead atoms. The lowest BCUT2D eigenvalue weighted by atomic mass is 10.1. The number of nitrogens with zero attached hydrogens (tertiary/aromatic N) is 3. The molecule has 1 aromatic heterocycles. The van der Waals surface area contributed by atoms with Crippen LogP contribution < -0.4 is 9.47 Å². The molecule has 0 aliphatic heterocycles. The average molecular weight is 408 g/mol. The third-order valence-corrected chi connectivity index (χ3v) is 4.69. The smallest absolute Gasteiger partial charge is 0.336 e. The molecule has 0 aliphatic carbocycles. The lowest BCUT2D eigenvalue weighted by Crippen LogP contribution is -2.15. The number of rotatable bonds is 10. The van der Waals surface area contributed by atoms with E-state index in [2.05, 4.69) is 23.9 Å². The largest absolute Gasteiger partial charge is 0.494 e. The number of carbonyl (C=O) groups is 1. The predicted octanol–water partition coefficient (Wildman–Crippen LogP) is 5.30. The van der Waals surface area contributed by atoms with Gasteiger partial charge in [-0.15, -0.1) is 5.10 Å². The monoisotopic (exact) mass is 407 g/mol. The van der Waals surface area contributed by atoms with Crippen LogP contribution >= 0.6 is 0 Å². The van der Waals surface area contributed by atoms with Crippen molar-refractivity contribution in [2.24, 2.45) is 0 Å². The number of carbonyl (C=O) groups excluding carboxylic acids is 1. The summed E-state index contributed by atoms with van der Waals surface area (Å²) in [6, 6.07) is 15.2. The van der Waals surface area contributed by atoms with Crippen molar-refractivity contribution in [1.82, 2.24) is 14.8 Å². The van der Waals surface area contributed by atoms with Gasteiger partial charge in [0.1, 0.15) is 5.75 Å². The average Bonchev–Trinajstić information content (AvgIpc) is 3.19. The molecule has 0 spiro atoms. The Hall–Kier alpha value is -3.15. The minimum absolute atomic E-state index is 0.215. The molecule has 30 heavy (non-hydrogen) atoms. The fourth-order valence-electron chi connectivity index (χ4n) is 2.84. The third kappa shape index (κ3) is 5.47. The number of benzene rings is 2. The second kappa shape index (κ2) is 10.6. The van der Waals surface area contributed by atoms with Crippen molar-refractivity contribution >= 4 is 5.91 Å². The molecule has 0 amide bonds. The Labute approximate surface area is 177 Å². The molecule has 158 valence electrons. The molecule has 0 radical (unpaired) electrons. The van der Waals surface area contributed by atoms with Crippen LogP contribution in [0.2, 0.25) is 0 Å². The van der Waals surface area contributed by atoms with Crippen LogP contribution in [0.1, 0.15) is 55.5 Å². The maximum Gasteiger partial charge on any atom is 0.336 e. The molecule has 3 aromatic rings. The van der Waals surface area contributed by atoms with Crippen LogP contribution in [0.3, 0.4) is 0 Å². The van der Waals surface area contributed by atoms with Crippen LogP contribution in [0, 0.1) is 6.92 Å². The molecule has 1 heterocycles. The van der Waals surface area contributed by atoms with E-state index < -0.39 is 0 Å². The highest BCUT2D eigenvalue weighted by Gasteiger charge is 2.20. The minimum Gasteiger partial charge on any atom is -0.494 e. The lowest BCUT2D eigenvalue weighted by molar-refractivity contribution is 0.0944. The Morgan fingerprint density at radius 1 is 0.900 bits per heavy atom. The first-order chi connectivity index (χ1) is 14.6. The van der Waals surface area contributed by atoms with Gasteiger partial charge in [0.2, 0.25) is 0 Å². The molecule has 0 saturated heterocycles. The molecule has 0 fully saturated rings. The van der Waals surface area contributed by atoms with E-state index in [1.807, 2.05) is 43.3 Å². The van der Waals surface area contributed by atoms with Gasteiger partial charge in [-0.05, 0) is 44.0 Å². The van der Waals surface area contributed by atoms with E-state index in [9.17, 15) is 4.79 Å². The highest BCUT2D eigenvalue weighted by molar-refractivity contribution is 5.97. The number of unbranched alkanes of at least 4 members (excludes halogenated alkanes) is 2. The summed E-state index contributed by atoms with van der Waals surface area (Å²) in [4.78, 5) is 17.7. The molecular formula is C24H29N3O3. The van der Waals surface area contributed by atoms with Gasteiger partial charge >= 0.3 is 6.01 Å². The third-order valence-electron chi connectivity index (χ3n) is 4.69. The van der Waals surface area contributed by atoms with E-state index >= 15 is 0 Å². The Morgan fingerprint density at radius 3 is 2.17 bits per heavy atom. The number of hydrogen-bond donors (Lipinski definition) is 0. The van der Waals surface area contributed by atoms with Gasteiger partial charge in [0.25, 0.3) is 5.91 Å². The van der Waals surface area contributed by atoms with E-state index in [0.29, 0.717) is 24.6 Å². The van der Waals surface area contributed by atoms with Gasteiger partial charge in [-0.1, -0.05) is 56.5 Å². The second-order valence-corrected chi connectivity index (χ2v) is 7.23. The van der Waals surface area contributed by atoms with Gasteiger partial charge in [-0.3, -0.25) is 4.79 Å². The van der Waals surface area contributed by atoms with Crippen LogP contribution in [0.25, 0.3) is 11.4 Å². The molecule has 2 aromatic carbocycles. The van der Waals surface area contributed by atoms with Crippen molar-refractivity contribution in [2.75, 3.05) is 13.2 Å². The Kier molecular flexibility index (Phi) is 7.60. The van der Waals surface area contributed by atoms with Crippen molar-refractivity contribution < 1.29 is 14.3 Å². The van der Waals surface area contributed by atoms with Crippen LogP contribution in [0.15, 0.2) is 48.5 Å². The zero-order valence-electron chi connectivity index (χ0n) is 17.9. The van der Waals surface area contributed by atoms with Gasteiger partial charge in [0.05, 0.1) is 13.2 Å². The first kappa shape index (κ1) is 21.6. The molecule has 6 nitrogen and oxygen atoms in total. The summed E-state index contributed by atoms with van der Waals surface area (Å²) in [7, 11) is 0. The predicted molar refractivity (Wildman–Crippen MR) is 117 cm³/mol. The van der Waals surface area contributed by atoms with Gasteiger partial charge in [-0.2, -0.15) is 9.67 Å². The quantitative estimate of drug-likeness (QED) is 0.427. The Morgan fingerprint density at radius 2 is 1.53 bits per heavy atom. The van der Waals surface area contributed by atoms with Crippen molar-refractivity contribution in [3.05, 3.63) is 59.7 Å². The van der Waals surface area contributed by atoms with Crippen molar-refractivity contribution in [2.45, 2.75) is 46.5 Å². The van der Waals surface area contributed by atoms with Crippen LogP contribution in [0.4, 0.5) is 0 Å². The lowest BCUT2D eigenvalue weighted by Gasteiger charge is -2.07. The van der Waals surface area contributed by atoms with Crippen molar-refractivity contribution in [3.63, 3.8) is 0 Å². The molecule has 0 atom stereocenters. The van der Waals surface area contributed by atoms with E-state index in [-0.39, 0.29) is 11.9 Å². The van der Waals surface area contributed by atoms with Gasteiger partial charge in [-0.25, -0.2) is 0 Å². The van der Waals surface area contributed by atoms with E-state index in [1.54, 1.807) is 12.1 Å². The fraction of sp³-hybridized carbons (Fsp3) is 0.375. The number of hydrogen-bond acceptors (Lipinski definition) is 5. The van der Waals surface area contributed by atoms with Gasteiger partial charge in [0.15, 0.2) is 5.82 Å². The normalized spacial score (nSPS) is 10.8. The van der Waals surface area contributed by atoms with Crippen LogP contribution in [0.5, 0.6) is 11.8 Å². The Balaban J connectivity index is 1.86. The maximum absolute atomic E-state index is 13.2. The summed E-state index contributed by atoms with van der Waals surface area (Å²) in [6.45, 7) is 7.42. The molecule has 0 N–H and O–H groups in total. The van der Waals surface area contributed by atoms with E-state index in [4.69, 9.17) is 9.47 Å². The number of aryl methyl sites for hydroxylation is 1. The standard InChI is InChI=1S/C24H29N3O3/c1-4-6-16-29-21-14-12-20(13-15-21)23(28)27-22(19-10-8-18(3)9-11-19)25-24(26-27)30-17-7-5-2/h8-15H,4-7,16-17H2,1-3H3. The van der Waals surface area contributed by atoms with Gasteiger partial charge < -0.3 is 9.47 Å². The summed E-state index contributed by atoms with van der Waals surface area (Å²) in [5.41, 5.74) is 2.46. The summed E-state index contributed by atoms with van der Waals surface area (Å²) in [5.74, 6) is 0.958. The summed E-state index contributed by atoms with van der Waals surface area (Å²) >= 11 is 0. The number of ether oxygens (including phenoxy) is 2. The fourth-order valence-corrected chi connectivity index (χ4v) is 2.84. The van der Waals surface area contributed by atoms with Gasteiger partial charge in [0, 0.05) is 11.1 Å². The highest BCUT2D eigenvalue weighted by atomic mass is 16.5.